The molecule has 0 aromatic heterocycles. The lowest BCUT2D eigenvalue weighted by atomic mass is 10.2. The van der Waals surface area contributed by atoms with Gasteiger partial charge in [-0.2, -0.15) is 4.31 Å². The number of carboxylic acids is 1. The van der Waals surface area contributed by atoms with Crippen molar-refractivity contribution in [1.29, 1.82) is 0 Å². The van der Waals surface area contributed by atoms with Gasteiger partial charge < -0.3 is 10.4 Å². The fourth-order valence-electron chi connectivity index (χ4n) is 1.85. The minimum absolute atomic E-state index is 0.00177. The summed E-state index contributed by atoms with van der Waals surface area (Å²) in [6.45, 7) is 1.78. The van der Waals surface area contributed by atoms with Gasteiger partial charge in [0.2, 0.25) is 10.0 Å². The van der Waals surface area contributed by atoms with Gasteiger partial charge in [0.1, 0.15) is 6.04 Å². The Morgan fingerprint density at radius 3 is 2.57 bits per heavy atom. The smallest absolute Gasteiger partial charge is 0.321 e. The maximum absolute atomic E-state index is 12.5. The summed E-state index contributed by atoms with van der Waals surface area (Å²) in [5.41, 5.74) is 0.710. The number of carbonyl (C=O) groups is 1. The molecule has 1 aromatic rings. The topological polar surface area (TPSA) is 86.7 Å². The van der Waals surface area contributed by atoms with E-state index in [-0.39, 0.29) is 25.4 Å². The zero-order chi connectivity index (χ0) is 17.5. The van der Waals surface area contributed by atoms with E-state index in [1.807, 2.05) is 0 Å². The Bertz CT molecular complexity index is 668. The van der Waals surface area contributed by atoms with E-state index in [9.17, 15) is 18.3 Å². The van der Waals surface area contributed by atoms with Crippen LogP contribution in [0.15, 0.2) is 28.7 Å². The van der Waals surface area contributed by atoms with Gasteiger partial charge in [-0.25, -0.2) is 8.42 Å². The standard InChI is InChI=1S/C15H19BrN2O4S/c1-3-8-17-9-10-23(21,22)18(12(2)15(19)20)11-13-4-6-14(16)7-5-13/h1,4-7,12,17H,8-11H2,2H3,(H,19,20)/t12-/m0/s1. The number of aliphatic carboxylic acids is 1. The van der Waals surface area contributed by atoms with Gasteiger partial charge in [0.05, 0.1) is 12.3 Å². The lowest BCUT2D eigenvalue weighted by Crippen LogP contribution is -2.45. The molecule has 0 unspecified atom stereocenters. The van der Waals surface area contributed by atoms with E-state index >= 15 is 0 Å². The number of rotatable bonds is 9. The molecule has 0 aliphatic heterocycles. The normalized spacial score (nSPS) is 12.8. The first-order chi connectivity index (χ1) is 10.8. The quantitative estimate of drug-likeness (QED) is 0.479. The highest BCUT2D eigenvalue weighted by molar-refractivity contribution is 9.10. The summed E-state index contributed by atoms with van der Waals surface area (Å²) in [6, 6.07) is 5.89. The molecule has 2 N–H and O–H groups in total. The van der Waals surface area contributed by atoms with E-state index in [4.69, 9.17) is 6.42 Å². The molecule has 126 valence electrons. The number of sulfonamides is 1. The molecular weight excluding hydrogens is 384 g/mol. The molecule has 1 rings (SSSR count). The van der Waals surface area contributed by atoms with Crippen LogP contribution in [0.2, 0.25) is 0 Å². The SMILES string of the molecule is C#CCNCCS(=O)(=O)N(Cc1ccc(Br)cc1)[C@@H](C)C(=O)O. The fourth-order valence-corrected chi connectivity index (χ4v) is 3.67. The van der Waals surface area contributed by atoms with Crippen LogP contribution in [0.1, 0.15) is 12.5 Å². The van der Waals surface area contributed by atoms with Crippen molar-refractivity contribution in [3.8, 4) is 12.3 Å². The van der Waals surface area contributed by atoms with Crippen molar-refractivity contribution >= 4 is 31.9 Å². The third kappa shape index (κ3) is 6.31. The summed E-state index contributed by atoms with van der Waals surface area (Å²) in [7, 11) is -3.75. The molecule has 0 saturated carbocycles. The Kier molecular flexibility index (Phi) is 7.72. The summed E-state index contributed by atoms with van der Waals surface area (Å²) < 4.78 is 26.8. The molecular formula is C15H19BrN2O4S. The highest BCUT2D eigenvalue weighted by atomic mass is 79.9. The number of nitrogens with one attached hydrogen (secondary N) is 1. The Morgan fingerprint density at radius 2 is 2.04 bits per heavy atom. The van der Waals surface area contributed by atoms with Gasteiger partial charge in [0, 0.05) is 17.6 Å². The van der Waals surface area contributed by atoms with Crippen LogP contribution in [-0.4, -0.2) is 48.7 Å². The molecule has 0 bridgehead atoms. The maximum Gasteiger partial charge on any atom is 0.321 e. The second-order valence-corrected chi connectivity index (χ2v) is 7.84. The highest BCUT2D eigenvalue weighted by Gasteiger charge is 2.31. The van der Waals surface area contributed by atoms with Crippen LogP contribution < -0.4 is 5.32 Å². The second kappa shape index (κ2) is 9.03. The Hall–Kier alpha value is -1.40. The van der Waals surface area contributed by atoms with Crippen molar-refractivity contribution in [3.63, 3.8) is 0 Å². The number of carboxylic acid groups (broad SMARTS) is 1. The molecule has 0 spiro atoms. The summed E-state index contributed by atoms with van der Waals surface area (Å²) in [5.74, 6) is 0.939. The molecule has 23 heavy (non-hydrogen) atoms. The summed E-state index contributed by atoms with van der Waals surface area (Å²) in [5, 5.41) is 12.0. The van der Waals surface area contributed by atoms with Crippen molar-refractivity contribution < 1.29 is 18.3 Å². The number of nitrogens with zero attached hydrogens (tertiary/aromatic N) is 1. The zero-order valence-corrected chi connectivity index (χ0v) is 15.1. The molecule has 1 atom stereocenters. The zero-order valence-electron chi connectivity index (χ0n) is 12.7. The van der Waals surface area contributed by atoms with E-state index in [1.54, 1.807) is 24.3 Å². The average Bonchev–Trinajstić information content (AvgIpc) is 2.50. The molecule has 0 fully saturated rings. The van der Waals surface area contributed by atoms with Crippen LogP contribution in [0.25, 0.3) is 0 Å². The molecule has 0 saturated heterocycles. The van der Waals surface area contributed by atoms with E-state index in [0.29, 0.717) is 5.56 Å². The lowest BCUT2D eigenvalue weighted by molar-refractivity contribution is -0.141. The van der Waals surface area contributed by atoms with Crippen molar-refractivity contribution in [2.45, 2.75) is 19.5 Å². The van der Waals surface area contributed by atoms with Crippen LogP contribution >= 0.6 is 15.9 Å². The molecule has 1 aromatic carbocycles. The predicted molar refractivity (Wildman–Crippen MR) is 92.3 cm³/mol. The molecule has 6 nitrogen and oxygen atoms in total. The average molecular weight is 403 g/mol. The van der Waals surface area contributed by atoms with E-state index in [1.165, 1.54) is 6.92 Å². The number of hydrogen-bond acceptors (Lipinski definition) is 4. The first kappa shape index (κ1) is 19.6. The Labute approximate surface area is 145 Å². The number of halogens is 1. The summed E-state index contributed by atoms with van der Waals surface area (Å²) in [6.07, 6.45) is 5.09. The van der Waals surface area contributed by atoms with Gasteiger partial charge in [-0.15, -0.1) is 6.42 Å². The van der Waals surface area contributed by atoms with Crippen molar-refractivity contribution in [1.82, 2.24) is 9.62 Å². The second-order valence-electron chi connectivity index (χ2n) is 4.88. The van der Waals surface area contributed by atoms with Crippen LogP contribution in [0.5, 0.6) is 0 Å². The summed E-state index contributed by atoms with van der Waals surface area (Å²) >= 11 is 3.30. The Balaban J connectivity index is 2.93. The third-order valence-electron chi connectivity index (χ3n) is 3.16. The van der Waals surface area contributed by atoms with Crippen molar-refractivity contribution in [2.75, 3.05) is 18.8 Å². The van der Waals surface area contributed by atoms with E-state index < -0.39 is 22.0 Å². The number of benzene rings is 1. The minimum atomic E-state index is -3.75. The first-order valence-electron chi connectivity index (χ1n) is 6.89. The predicted octanol–water partition coefficient (Wildman–Crippen LogP) is 1.28. The lowest BCUT2D eigenvalue weighted by Gasteiger charge is -2.26. The van der Waals surface area contributed by atoms with E-state index in [2.05, 4.69) is 27.2 Å². The molecule has 8 heteroatoms. The Morgan fingerprint density at radius 1 is 1.43 bits per heavy atom. The van der Waals surface area contributed by atoms with Crippen molar-refractivity contribution in [2.24, 2.45) is 0 Å². The monoisotopic (exact) mass is 402 g/mol. The van der Waals surface area contributed by atoms with Gasteiger partial charge in [-0.3, -0.25) is 4.79 Å². The first-order valence-corrected chi connectivity index (χ1v) is 9.29. The van der Waals surface area contributed by atoms with Crippen LogP contribution in [0.3, 0.4) is 0 Å². The minimum Gasteiger partial charge on any atom is -0.480 e. The molecule has 0 amide bonds. The van der Waals surface area contributed by atoms with Crippen molar-refractivity contribution in [3.05, 3.63) is 34.3 Å². The number of hydrogen-bond donors (Lipinski definition) is 2. The molecule has 0 heterocycles. The van der Waals surface area contributed by atoms with Gasteiger partial charge in [0.25, 0.3) is 0 Å². The van der Waals surface area contributed by atoms with Gasteiger partial charge in [-0.05, 0) is 24.6 Å². The molecule has 0 aliphatic rings. The third-order valence-corrected chi connectivity index (χ3v) is 5.57. The fraction of sp³-hybridized carbons (Fsp3) is 0.400. The van der Waals surface area contributed by atoms with Gasteiger partial charge in [0.15, 0.2) is 0 Å². The van der Waals surface area contributed by atoms with Crippen LogP contribution in [0.4, 0.5) is 0 Å². The van der Waals surface area contributed by atoms with Crippen LogP contribution in [0, 0.1) is 12.3 Å². The van der Waals surface area contributed by atoms with Gasteiger partial charge in [-0.1, -0.05) is 34.0 Å². The highest BCUT2D eigenvalue weighted by Crippen LogP contribution is 2.17. The van der Waals surface area contributed by atoms with E-state index in [0.717, 1.165) is 8.78 Å². The van der Waals surface area contributed by atoms with Gasteiger partial charge >= 0.3 is 5.97 Å². The summed E-state index contributed by atoms with van der Waals surface area (Å²) in [4.78, 5) is 11.3. The molecule has 0 radical (unpaired) electrons. The largest absolute Gasteiger partial charge is 0.480 e. The molecule has 0 aliphatic carbocycles. The van der Waals surface area contributed by atoms with Crippen LogP contribution in [-0.2, 0) is 21.4 Å². The maximum atomic E-state index is 12.5. The number of terminal acetylenes is 1.